The summed E-state index contributed by atoms with van der Waals surface area (Å²) in [5, 5.41) is 0. The SMILES string of the molecule is O[Si](O)(O)Oc1ccccc1C(CCCCl)(CCCCl)CCCCl. The fourth-order valence-electron chi connectivity index (χ4n) is 3.14. The van der Waals surface area contributed by atoms with Crippen molar-refractivity contribution in [1.29, 1.82) is 0 Å². The minimum Gasteiger partial charge on any atom is -0.480 e. The van der Waals surface area contributed by atoms with E-state index in [0.29, 0.717) is 17.6 Å². The van der Waals surface area contributed by atoms with E-state index in [9.17, 15) is 14.4 Å². The number of halogens is 3. The largest absolute Gasteiger partial charge is 0.741 e. The Hall–Kier alpha value is -0.0131. The zero-order chi connectivity index (χ0) is 18.1. The Morgan fingerprint density at radius 2 is 1.29 bits per heavy atom. The summed E-state index contributed by atoms with van der Waals surface area (Å²) in [6.45, 7) is 0. The molecule has 0 saturated heterocycles. The van der Waals surface area contributed by atoms with E-state index in [0.717, 1.165) is 44.1 Å². The van der Waals surface area contributed by atoms with Gasteiger partial charge in [0, 0.05) is 17.6 Å². The standard InChI is InChI=1S/C16H25Cl3O4Si/c17-11-3-8-16(9-4-12-18,10-5-13-19)14-6-1-2-7-15(14)23-24(20,21)22/h1-2,6-7,20-22H,3-5,8-13H2. The zero-order valence-corrected chi connectivity index (χ0v) is 16.8. The van der Waals surface area contributed by atoms with Crippen LogP contribution in [0.4, 0.5) is 0 Å². The number of para-hydroxylation sites is 1. The minimum absolute atomic E-state index is 0.283. The Morgan fingerprint density at radius 3 is 1.71 bits per heavy atom. The van der Waals surface area contributed by atoms with Crippen LogP contribution in [0.5, 0.6) is 5.75 Å². The molecule has 0 aliphatic heterocycles. The summed E-state index contributed by atoms with van der Waals surface area (Å²) in [7, 11) is -4.68. The van der Waals surface area contributed by atoms with Gasteiger partial charge in [0.05, 0.1) is 0 Å². The second-order valence-electron chi connectivity index (χ2n) is 5.83. The Kier molecular flexibility index (Phi) is 9.97. The maximum absolute atomic E-state index is 9.35. The van der Waals surface area contributed by atoms with Gasteiger partial charge in [0.25, 0.3) is 0 Å². The third-order valence-electron chi connectivity index (χ3n) is 4.07. The Balaban J connectivity index is 3.28. The molecule has 0 aliphatic rings. The molecule has 0 atom stereocenters. The van der Waals surface area contributed by atoms with E-state index in [2.05, 4.69) is 0 Å². The molecular formula is C16H25Cl3O4Si. The van der Waals surface area contributed by atoms with E-state index in [4.69, 9.17) is 39.2 Å². The van der Waals surface area contributed by atoms with Crippen molar-refractivity contribution in [3.05, 3.63) is 29.8 Å². The van der Waals surface area contributed by atoms with E-state index in [1.165, 1.54) is 0 Å². The Bertz CT molecular complexity index is 461. The quantitative estimate of drug-likeness (QED) is 0.359. The lowest BCUT2D eigenvalue weighted by molar-refractivity contribution is 0.126. The van der Waals surface area contributed by atoms with Crippen LogP contribution in [-0.2, 0) is 5.41 Å². The highest BCUT2D eigenvalue weighted by atomic mass is 35.5. The molecule has 0 aliphatic carbocycles. The first kappa shape index (κ1) is 22.0. The molecule has 0 heterocycles. The average molecular weight is 416 g/mol. The van der Waals surface area contributed by atoms with E-state index >= 15 is 0 Å². The van der Waals surface area contributed by atoms with Crippen LogP contribution in [0.3, 0.4) is 0 Å². The molecule has 0 radical (unpaired) electrons. The van der Waals surface area contributed by atoms with Crippen LogP contribution in [0.2, 0.25) is 0 Å². The van der Waals surface area contributed by atoms with Gasteiger partial charge in [-0.25, -0.2) is 0 Å². The van der Waals surface area contributed by atoms with Gasteiger partial charge in [-0.1, -0.05) is 18.2 Å². The highest BCUT2D eigenvalue weighted by Crippen LogP contribution is 2.43. The summed E-state index contributed by atoms with van der Waals surface area (Å²) in [4.78, 5) is 28.1. The number of hydrogen-bond acceptors (Lipinski definition) is 4. The summed E-state index contributed by atoms with van der Waals surface area (Å²) >= 11 is 17.7. The molecule has 0 spiro atoms. The predicted octanol–water partition coefficient (Wildman–Crippen LogP) is 3.77. The maximum atomic E-state index is 9.35. The lowest BCUT2D eigenvalue weighted by Gasteiger charge is -2.36. The van der Waals surface area contributed by atoms with Crippen LogP contribution in [0.15, 0.2) is 24.3 Å². The molecule has 0 unspecified atom stereocenters. The van der Waals surface area contributed by atoms with Crippen molar-refractivity contribution in [3.8, 4) is 5.75 Å². The normalized spacial score (nSPS) is 12.4. The van der Waals surface area contributed by atoms with Crippen molar-refractivity contribution >= 4 is 43.9 Å². The number of benzene rings is 1. The molecule has 8 heteroatoms. The van der Waals surface area contributed by atoms with Gasteiger partial charge in [0.1, 0.15) is 5.75 Å². The molecule has 0 saturated carbocycles. The minimum atomic E-state index is -4.68. The molecule has 0 bridgehead atoms. The van der Waals surface area contributed by atoms with E-state index < -0.39 is 9.05 Å². The fourth-order valence-corrected chi connectivity index (χ4v) is 4.01. The molecular weight excluding hydrogens is 391 g/mol. The lowest BCUT2D eigenvalue weighted by atomic mass is 9.70. The van der Waals surface area contributed by atoms with Gasteiger partial charge in [-0.3, -0.25) is 0 Å². The molecule has 24 heavy (non-hydrogen) atoms. The third kappa shape index (κ3) is 7.08. The summed E-state index contributed by atoms with van der Waals surface area (Å²) in [6, 6.07) is 7.13. The highest BCUT2D eigenvalue weighted by Gasteiger charge is 2.38. The lowest BCUT2D eigenvalue weighted by Crippen LogP contribution is -2.43. The molecule has 4 nitrogen and oxygen atoms in total. The molecule has 0 amide bonds. The van der Waals surface area contributed by atoms with Gasteiger partial charge >= 0.3 is 9.05 Å². The Morgan fingerprint density at radius 1 is 0.833 bits per heavy atom. The van der Waals surface area contributed by atoms with Crippen molar-refractivity contribution in [2.24, 2.45) is 0 Å². The van der Waals surface area contributed by atoms with Crippen LogP contribution in [-0.4, -0.2) is 41.1 Å². The average Bonchev–Trinajstić information content (AvgIpc) is 2.54. The van der Waals surface area contributed by atoms with Crippen LogP contribution in [0.25, 0.3) is 0 Å². The number of rotatable bonds is 12. The van der Waals surface area contributed by atoms with Crippen LogP contribution >= 0.6 is 34.8 Å². The summed E-state index contributed by atoms with van der Waals surface area (Å²) in [6.07, 6.45) is 4.84. The molecule has 3 N–H and O–H groups in total. The molecule has 1 aromatic carbocycles. The van der Waals surface area contributed by atoms with Gasteiger partial charge in [-0.15, -0.1) is 34.8 Å². The van der Waals surface area contributed by atoms with Gasteiger partial charge in [0.2, 0.25) is 0 Å². The number of alkyl halides is 3. The summed E-state index contributed by atoms with van der Waals surface area (Å²) in [5.74, 6) is 1.89. The Labute approximate surface area is 159 Å². The zero-order valence-electron chi connectivity index (χ0n) is 13.6. The van der Waals surface area contributed by atoms with Crippen LogP contribution in [0.1, 0.15) is 44.1 Å². The molecule has 0 fully saturated rings. The number of hydrogen-bond donors (Lipinski definition) is 3. The third-order valence-corrected chi connectivity index (χ3v) is 5.37. The van der Waals surface area contributed by atoms with Crippen LogP contribution < -0.4 is 4.43 Å². The topological polar surface area (TPSA) is 69.9 Å². The van der Waals surface area contributed by atoms with Crippen molar-refractivity contribution in [2.75, 3.05) is 17.6 Å². The molecule has 0 aromatic heterocycles. The summed E-state index contributed by atoms with van der Waals surface area (Å²) in [5.41, 5.74) is 0.550. The first-order valence-corrected chi connectivity index (χ1v) is 11.4. The van der Waals surface area contributed by atoms with Gasteiger partial charge < -0.3 is 18.8 Å². The second kappa shape index (κ2) is 10.9. The monoisotopic (exact) mass is 414 g/mol. The van der Waals surface area contributed by atoms with Crippen LogP contribution in [0, 0.1) is 0 Å². The maximum Gasteiger partial charge on any atom is 0.741 e. The van der Waals surface area contributed by atoms with E-state index in [1.807, 2.05) is 12.1 Å². The van der Waals surface area contributed by atoms with Crippen molar-refractivity contribution in [1.82, 2.24) is 0 Å². The highest BCUT2D eigenvalue weighted by molar-refractivity contribution is 6.49. The molecule has 1 rings (SSSR count). The van der Waals surface area contributed by atoms with Crippen molar-refractivity contribution in [3.63, 3.8) is 0 Å². The second-order valence-corrected chi connectivity index (χ2v) is 8.32. The first-order chi connectivity index (χ1) is 11.4. The van der Waals surface area contributed by atoms with Gasteiger partial charge in [-0.05, 0) is 55.6 Å². The molecule has 1 aromatic rings. The predicted molar refractivity (Wildman–Crippen MR) is 101 cm³/mol. The van der Waals surface area contributed by atoms with Gasteiger partial charge in [-0.2, -0.15) is 0 Å². The summed E-state index contributed by atoms with van der Waals surface area (Å²) < 4.78 is 5.09. The van der Waals surface area contributed by atoms with Crippen molar-refractivity contribution in [2.45, 2.75) is 43.9 Å². The van der Waals surface area contributed by atoms with E-state index in [1.54, 1.807) is 12.1 Å². The van der Waals surface area contributed by atoms with Gasteiger partial charge in [0.15, 0.2) is 0 Å². The smallest absolute Gasteiger partial charge is 0.480 e. The van der Waals surface area contributed by atoms with Crippen molar-refractivity contribution < 1.29 is 18.8 Å². The molecule has 138 valence electrons. The van der Waals surface area contributed by atoms with E-state index in [-0.39, 0.29) is 11.2 Å². The first-order valence-electron chi connectivity index (χ1n) is 8.02. The fraction of sp³-hybridized carbons (Fsp3) is 0.625.